The highest BCUT2D eigenvalue weighted by Crippen LogP contribution is 2.30. The van der Waals surface area contributed by atoms with Crippen molar-refractivity contribution in [2.45, 2.75) is 38.5 Å². The van der Waals surface area contributed by atoms with Crippen LogP contribution in [0.2, 0.25) is 0 Å². The van der Waals surface area contributed by atoms with Gasteiger partial charge in [-0.25, -0.2) is 0 Å². The second-order valence-corrected chi connectivity index (χ2v) is 4.50. The van der Waals surface area contributed by atoms with E-state index in [2.05, 4.69) is 6.92 Å². The lowest BCUT2D eigenvalue weighted by Gasteiger charge is -2.13. The molecule has 94 valence electrons. The summed E-state index contributed by atoms with van der Waals surface area (Å²) in [5.41, 5.74) is 0.762. The largest absolute Gasteiger partial charge is 0.493 e. The fourth-order valence-electron chi connectivity index (χ4n) is 1.57. The summed E-state index contributed by atoms with van der Waals surface area (Å²) < 4.78 is 5.67. The van der Waals surface area contributed by atoms with Crippen LogP contribution in [0.25, 0.3) is 0 Å². The fourth-order valence-corrected chi connectivity index (χ4v) is 1.75. The summed E-state index contributed by atoms with van der Waals surface area (Å²) in [4.78, 5) is 11.3. The van der Waals surface area contributed by atoms with Gasteiger partial charge in [0.1, 0.15) is 11.1 Å². The Balaban J connectivity index is 2.67. The first-order chi connectivity index (χ1) is 8.16. The van der Waals surface area contributed by atoms with Crippen LogP contribution in [0.1, 0.15) is 44.1 Å². The zero-order chi connectivity index (χ0) is 12.7. The minimum atomic E-state index is -0.614. The van der Waals surface area contributed by atoms with E-state index in [1.807, 2.05) is 24.3 Å². The molecule has 1 atom stereocenters. The van der Waals surface area contributed by atoms with Crippen molar-refractivity contribution in [2.75, 3.05) is 6.61 Å². The Labute approximate surface area is 108 Å². The molecule has 0 bridgehead atoms. The molecule has 0 heterocycles. The topological polar surface area (TPSA) is 26.3 Å². The number of unbranched alkanes of at least 4 members (excludes halogenated alkanes) is 2. The van der Waals surface area contributed by atoms with E-state index in [1.165, 1.54) is 6.92 Å². The van der Waals surface area contributed by atoms with Crippen molar-refractivity contribution in [1.82, 2.24) is 0 Å². The molecule has 0 aliphatic heterocycles. The molecule has 3 heteroatoms. The van der Waals surface area contributed by atoms with Crippen molar-refractivity contribution in [3.63, 3.8) is 0 Å². The van der Waals surface area contributed by atoms with Gasteiger partial charge < -0.3 is 4.74 Å². The molecule has 0 aromatic heterocycles. The van der Waals surface area contributed by atoms with Gasteiger partial charge in [-0.15, -0.1) is 11.6 Å². The van der Waals surface area contributed by atoms with Crippen molar-refractivity contribution in [3.8, 4) is 5.75 Å². The van der Waals surface area contributed by atoms with Crippen LogP contribution in [-0.4, -0.2) is 12.4 Å². The molecule has 2 nitrogen and oxygen atoms in total. The van der Waals surface area contributed by atoms with E-state index in [0.29, 0.717) is 6.61 Å². The van der Waals surface area contributed by atoms with Gasteiger partial charge in [-0.3, -0.25) is 4.79 Å². The lowest BCUT2D eigenvalue weighted by molar-refractivity contribution is -0.116. The van der Waals surface area contributed by atoms with E-state index in [1.54, 1.807) is 0 Å². The molecule has 0 spiro atoms. The standard InChI is InChI=1S/C14H19ClO2/c1-3-4-7-10-17-13-9-6-5-8-12(13)14(15)11(2)16/h5-6,8-9,14H,3-4,7,10H2,1-2H3. The molecule has 0 saturated heterocycles. The molecule has 1 aromatic rings. The minimum absolute atomic E-state index is 0.0590. The number of benzene rings is 1. The third-order valence-corrected chi connectivity index (χ3v) is 3.10. The summed E-state index contributed by atoms with van der Waals surface area (Å²) in [6.07, 6.45) is 3.34. The highest BCUT2D eigenvalue weighted by molar-refractivity contribution is 6.31. The molecule has 0 aliphatic carbocycles. The van der Waals surface area contributed by atoms with Gasteiger partial charge >= 0.3 is 0 Å². The summed E-state index contributed by atoms with van der Waals surface area (Å²) >= 11 is 6.06. The van der Waals surface area contributed by atoms with E-state index < -0.39 is 5.38 Å². The van der Waals surface area contributed by atoms with E-state index >= 15 is 0 Å². The van der Waals surface area contributed by atoms with Crippen molar-refractivity contribution in [3.05, 3.63) is 29.8 Å². The van der Waals surface area contributed by atoms with E-state index in [-0.39, 0.29) is 5.78 Å². The van der Waals surface area contributed by atoms with Gasteiger partial charge in [0.15, 0.2) is 5.78 Å². The summed E-state index contributed by atoms with van der Waals surface area (Å²) in [5, 5.41) is -0.614. The van der Waals surface area contributed by atoms with E-state index in [4.69, 9.17) is 16.3 Å². The number of Topliss-reactive ketones (excluding diaryl/α,β-unsaturated/α-hetero) is 1. The maximum absolute atomic E-state index is 11.3. The minimum Gasteiger partial charge on any atom is -0.493 e. The van der Waals surface area contributed by atoms with Crippen LogP contribution in [0.3, 0.4) is 0 Å². The normalized spacial score (nSPS) is 12.2. The average Bonchev–Trinajstić information content (AvgIpc) is 2.34. The number of carbonyl (C=O) groups is 1. The van der Waals surface area contributed by atoms with Crippen LogP contribution in [0.15, 0.2) is 24.3 Å². The van der Waals surface area contributed by atoms with Crippen LogP contribution < -0.4 is 4.74 Å². The monoisotopic (exact) mass is 254 g/mol. The van der Waals surface area contributed by atoms with E-state index in [9.17, 15) is 4.79 Å². The highest BCUT2D eigenvalue weighted by Gasteiger charge is 2.17. The van der Waals surface area contributed by atoms with Crippen molar-refractivity contribution >= 4 is 17.4 Å². The van der Waals surface area contributed by atoms with Gasteiger partial charge in [-0.1, -0.05) is 38.0 Å². The van der Waals surface area contributed by atoms with Gasteiger partial charge in [0.25, 0.3) is 0 Å². The number of ether oxygens (including phenoxy) is 1. The zero-order valence-electron chi connectivity index (χ0n) is 10.4. The Morgan fingerprint density at radius 2 is 2.06 bits per heavy atom. The third-order valence-electron chi connectivity index (χ3n) is 2.55. The average molecular weight is 255 g/mol. The van der Waals surface area contributed by atoms with Crippen LogP contribution in [0.4, 0.5) is 0 Å². The lowest BCUT2D eigenvalue weighted by atomic mass is 10.1. The Morgan fingerprint density at radius 3 is 2.71 bits per heavy atom. The number of hydrogen-bond acceptors (Lipinski definition) is 2. The quantitative estimate of drug-likeness (QED) is 0.540. The molecule has 1 aromatic carbocycles. The van der Waals surface area contributed by atoms with Crippen LogP contribution in [0.5, 0.6) is 5.75 Å². The van der Waals surface area contributed by atoms with Gasteiger partial charge in [-0.05, 0) is 19.4 Å². The SMILES string of the molecule is CCCCCOc1ccccc1C(Cl)C(C)=O. The zero-order valence-corrected chi connectivity index (χ0v) is 11.2. The number of hydrogen-bond donors (Lipinski definition) is 0. The number of para-hydroxylation sites is 1. The molecule has 0 aliphatic rings. The molecule has 0 radical (unpaired) electrons. The van der Waals surface area contributed by atoms with Crippen LogP contribution in [-0.2, 0) is 4.79 Å². The number of rotatable bonds is 7. The molecule has 0 amide bonds. The first-order valence-electron chi connectivity index (χ1n) is 6.03. The molecule has 0 fully saturated rings. The van der Waals surface area contributed by atoms with Crippen molar-refractivity contribution in [2.24, 2.45) is 0 Å². The first-order valence-corrected chi connectivity index (χ1v) is 6.46. The fraction of sp³-hybridized carbons (Fsp3) is 0.500. The Kier molecular flexibility index (Phi) is 6.06. The van der Waals surface area contributed by atoms with Gasteiger partial charge in [-0.2, -0.15) is 0 Å². The number of ketones is 1. The summed E-state index contributed by atoms with van der Waals surface area (Å²) in [5.74, 6) is 0.662. The second kappa shape index (κ2) is 7.33. The smallest absolute Gasteiger partial charge is 0.152 e. The predicted molar refractivity (Wildman–Crippen MR) is 70.7 cm³/mol. The molecule has 0 N–H and O–H groups in total. The maximum atomic E-state index is 11.3. The summed E-state index contributed by atoms with van der Waals surface area (Å²) in [6.45, 7) is 4.32. The van der Waals surface area contributed by atoms with Gasteiger partial charge in [0, 0.05) is 5.56 Å². The molecular formula is C14H19ClO2. The number of alkyl halides is 1. The highest BCUT2D eigenvalue weighted by atomic mass is 35.5. The second-order valence-electron chi connectivity index (χ2n) is 4.07. The summed E-state index contributed by atoms with van der Waals surface area (Å²) in [6, 6.07) is 7.46. The van der Waals surface area contributed by atoms with Gasteiger partial charge in [0.05, 0.1) is 6.61 Å². The predicted octanol–water partition coefficient (Wildman–Crippen LogP) is 4.12. The van der Waals surface area contributed by atoms with Crippen LogP contribution >= 0.6 is 11.6 Å². The van der Waals surface area contributed by atoms with E-state index in [0.717, 1.165) is 30.6 Å². The summed E-state index contributed by atoms with van der Waals surface area (Å²) in [7, 11) is 0. The number of carbonyl (C=O) groups excluding carboxylic acids is 1. The molecule has 1 rings (SSSR count). The Hall–Kier alpha value is -1.02. The third kappa shape index (κ3) is 4.39. The van der Waals surface area contributed by atoms with Crippen LogP contribution in [0, 0.1) is 0 Å². The molecule has 0 saturated carbocycles. The first kappa shape index (κ1) is 14.0. The van der Waals surface area contributed by atoms with Crippen molar-refractivity contribution < 1.29 is 9.53 Å². The Morgan fingerprint density at radius 1 is 1.35 bits per heavy atom. The Bertz CT molecular complexity index is 363. The number of halogens is 1. The maximum Gasteiger partial charge on any atom is 0.152 e. The molecule has 17 heavy (non-hydrogen) atoms. The van der Waals surface area contributed by atoms with Crippen molar-refractivity contribution in [1.29, 1.82) is 0 Å². The lowest BCUT2D eigenvalue weighted by Crippen LogP contribution is -2.06. The molecule has 1 unspecified atom stereocenters. The van der Waals surface area contributed by atoms with Gasteiger partial charge in [0.2, 0.25) is 0 Å². The molecular weight excluding hydrogens is 236 g/mol.